The highest BCUT2D eigenvalue weighted by Gasteiger charge is 2.38. The first-order chi connectivity index (χ1) is 8.50. The quantitative estimate of drug-likeness (QED) is 0.803. The van der Waals surface area contributed by atoms with Crippen molar-refractivity contribution in [2.45, 2.75) is 25.4 Å². The van der Waals surface area contributed by atoms with E-state index in [9.17, 15) is 9.59 Å². The predicted octanol–water partition coefficient (Wildman–Crippen LogP) is 0.621. The van der Waals surface area contributed by atoms with Crippen molar-refractivity contribution in [2.24, 2.45) is 5.73 Å². The number of carboxylic acid groups (broad SMARTS) is 1. The van der Waals surface area contributed by atoms with Gasteiger partial charge in [-0.3, -0.25) is 4.79 Å². The Bertz CT molecular complexity index is 487. The average Bonchev–Trinajstić information content (AvgIpc) is 2.71. The number of benzene rings is 1. The van der Waals surface area contributed by atoms with E-state index < -0.39 is 12.0 Å². The van der Waals surface area contributed by atoms with Crippen LogP contribution in [-0.2, 0) is 4.79 Å². The number of aryl methyl sites for hydroxylation is 1. The summed E-state index contributed by atoms with van der Waals surface area (Å²) in [4.78, 5) is 24.8. The van der Waals surface area contributed by atoms with Crippen LogP contribution in [-0.4, -0.2) is 40.5 Å². The summed E-state index contributed by atoms with van der Waals surface area (Å²) in [5.74, 6) is -1.25. The molecule has 2 rings (SSSR count). The van der Waals surface area contributed by atoms with Gasteiger partial charge in [-0.25, -0.2) is 4.79 Å². The topological polar surface area (TPSA) is 83.6 Å². The van der Waals surface area contributed by atoms with E-state index >= 15 is 0 Å². The van der Waals surface area contributed by atoms with Crippen LogP contribution in [0.1, 0.15) is 22.3 Å². The second kappa shape index (κ2) is 4.78. The Morgan fingerprint density at radius 3 is 2.67 bits per heavy atom. The van der Waals surface area contributed by atoms with Crippen LogP contribution < -0.4 is 5.73 Å². The predicted molar refractivity (Wildman–Crippen MR) is 66.2 cm³/mol. The smallest absolute Gasteiger partial charge is 0.326 e. The number of carbonyl (C=O) groups excluding carboxylic acids is 1. The van der Waals surface area contributed by atoms with Crippen molar-refractivity contribution in [3.63, 3.8) is 0 Å². The summed E-state index contributed by atoms with van der Waals surface area (Å²) in [6.07, 6.45) is 0.312. The summed E-state index contributed by atoms with van der Waals surface area (Å²) in [5, 5.41) is 9.12. The lowest BCUT2D eigenvalue weighted by Crippen LogP contribution is -2.41. The molecule has 1 heterocycles. The van der Waals surface area contributed by atoms with Crippen molar-refractivity contribution in [1.82, 2.24) is 4.90 Å². The molecule has 1 aliphatic heterocycles. The molecule has 1 amide bonds. The number of aliphatic carboxylic acids is 1. The van der Waals surface area contributed by atoms with Gasteiger partial charge in [0.15, 0.2) is 0 Å². The molecule has 96 valence electrons. The van der Waals surface area contributed by atoms with Gasteiger partial charge in [-0.05, 0) is 25.0 Å². The summed E-state index contributed by atoms with van der Waals surface area (Å²) >= 11 is 0. The van der Waals surface area contributed by atoms with E-state index in [1.807, 2.05) is 19.1 Å². The molecule has 0 bridgehead atoms. The van der Waals surface area contributed by atoms with Crippen LogP contribution in [0.2, 0.25) is 0 Å². The largest absolute Gasteiger partial charge is 0.480 e. The zero-order chi connectivity index (χ0) is 13.3. The van der Waals surface area contributed by atoms with Crippen molar-refractivity contribution in [3.05, 3.63) is 35.4 Å². The Kier molecular flexibility index (Phi) is 3.34. The molecule has 1 fully saturated rings. The number of nitrogens with zero attached hydrogens (tertiary/aromatic N) is 1. The van der Waals surface area contributed by atoms with Crippen molar-refractivity contribution in [3.8, 4) is 0 Å². The molecule has 5 heteroatoms. The van der Waals surface area contributed by atoms with E-state index in [0.717, 1.165) is 5.56 Å². The van der Waals surface area contributed by atoms with E-state index in [2.05, 4.69) is 0 Å². The molecule has 3 N–H and O–H groups in total. The maximum absolute atomic E-state index is 12.3. The van der Waals surface area contributed by atoms with E-state index in [-0.39, 0.29) is 11.9 Å². The van der Waals surface area contributed by atoms with E-state index in [1.54, 1.807) is 12.1 Å². The second-order valence-electron chi connectivity index (χ2n) is 4.62. The number of hydrogen-bond donors (Lipinski definition) is 2. The Balaban J connectivity index is 2.28. The van der Waals surface area contributed by atoms with Crippen LogP contribution in [0.4, 0.5) is 0 Å². The van der Waals surface area contributed by atoms with Gasteiger partial charge >= 0.3 is 5.97 Å². The molecule has 0 aromatic heterocycles. The van der Waals surface area contributed by atoms with E-state index in [0.29, 0.717) is 18.5 Å². The van der Waals surface area contributed by atoms with Crippen molar-refractivity contribution >= 4 is 11.9 Å². The molecule has 0 saturated carbocycles. The summed E-state index contributed by atoms with van der Waals surface area (Å²) < 4.78 is 0. The molecule has 2 unspecified atom stereocenters. The van der Waals surface area contributed by atoms with Gasteiger partial charge in [-0.15, -0.1) is 0 Å². The fourth-order valence-electron chi connectivity index (χ4n) is 2.29. The monoisotopic (exact) mass is 248 g/mol. The lowest BCUT2D eigenvalue weighted by Gasteiger charge is -2.22. The summed E-state index contributed by atoms with van der Waals surface area (Å²) in [7, 11) is 0. The van der Waals surface area contributed by atoms with Gasteiger partial charge in [0, 0.05) is 18.2 Å². The molecule has 1 aliphatic rings. The lowest BCUT2D eigenvalue weighted by atomic mass is 10.1. The van der Waals surface area contributed by atoms with Crippen molar-refractivity contribution < 1.29 is 14.7 Å². The summed E-state index contributed by atoms with van der Waals surface area (Å²) in [6, 6.07) is 6.08. The SMILES string of the molecule is Cc1ccccc1C(=O)N1CC(N)CC1C(=O)O. The zero-order valence-electron chi connectivity index (χ0n) is 10.2. The second-order valence-corrected chi connectivity index (χ2v) is 4.62. The summed E-state index contributed by atoms with van der Waals surface area (Å²) in [6.45, 7) is 2.13. The van der Waals surface area contributed by atoms with Crippen LogP contribution in [0, 0.1) is 6.92 Å². The average molecular weight is 248 g/mol. The molecular weight excluding hydrogens is 232 g/mol. The Labute approximate surface area is 105 Å². The van der Waals surface area contributed by atoms with Gasteiger partial charge in [-0.1, -0.05) is 18.2 Å². The minimum atomic E-state index is -0.995. The first kappa shape index (κ1) is 12.6. The maximum atomic E-state index is 12.3. The number of nitrogens with two attached hydrogens (primary N) is 1. The lowest BCUT2D eigenvalue weighted by molar-refractivity contribution is -0.141. The number of carbonyl (C=O) groups is 2. The van der Waals surface area contributed by atoms with Crippen LogP contribution in [0.15, 0.2) is 24.3 Å². The highest BCUT2D eigenvalue weighted by Crippen LogP contribution is 2.21. The minimum Gasteiger partial charge on any atom is -0.480 e. The number of likely N-dealkylation sites (tertiary alicyclic amines) is 1. The molecule has 0 spiro atoms. The summed E-state index contributed by atoms with van der Waals surface area (Å²) in [5.41, 5.74) is 7.13. The Hall–Kier alpha value is -1.88. The molecular formula is C13H16N2O3. The fourth-order valence-corrected chi connectivity index (χ4v) is 2.29. The molecule has 2 atom stereocenters. The van der Waals surface area contributed by atoms with Gasteiger partial charge in [-0.2, -0.15) is 0 Å². The minimum absolute atomic E-state index is 0.256. The molecule has 1 aromatic rings. The Morgan fingerprint density at radius 2 is 2.06 bits per heavy atom. The van der Waals surface area contributed by atoms with Gasteiger partial charge in [0.2, 0.25) is 0 Å². The highest BCUT2D eigenvalue weighted by atomic mass is 16.4. The molecule has 1 saturated heterocycles. The molecule has 1 aromatic carbocycles. The van der Waals surface area contributed by atoms with E-state index in [1.165, 1.54) is 4.90 Å². The van der Waals surface area contributed by atoms with Crippen LogP contribution in [0.5, 0.6) is 0 Å². The van der Waals surface area contributed by atoms with Crippen molar-refractivity contribution in [1.29, 1.82) is 0 Å². The number of carboxylic acids is 1. The maximum Gasteiger partial charge on any atom is 0.326 e. The van der Waals surface area contributed by atoms with E-state index in [4.69, 9.17) is 10.8 Å². The zero-order valence-corrected chi connectivity index (χ0v) is 10.2. The van der Waals surface area contributed by atoms with Crippen LogP contribution >= 0.6 is 0 Å². The van der Waals surface area contributed by atoms with Gasteiger partial charge < -0.3 is 15.7 Å². The Morgan fingerprint density at radius 1 is 1.39 bits per heavy atom. The van der Waals surface area contributed by atoms with Crippen LogP contribution in [0.3, 0.4) is 0 Å². The molecule has 0 radical (unpaired) electrons. The van der Waals surface area contributed by atoms with Gasteiger partial charge in [0.1, 0.15) is 6.04 Å². The highest BCUT2D eigenvalue weighted by molar-refractivity contribution is 5.98. The first-order valence-corrected chi connectivity index (χ1v) is 5.85. The standard InChI is InChI=1S/C13H16N2O3/c1-8-4-2-3-5-10(8)12(16)15-7-9(14)6-11(15)13(17)18/h2-5,9,11H,6-7,14H2,1H3,(H,17,18). The van der Waals surface area contributed by atoms with Gasteiger partial charge in [0.25, 0.3) is 5.91 Å². The molecule has 18 heavy (non-hydrogen) atoms. The van der Waals surface area contributed by atoms with Gasteiger partial charge in [0.05, 0.1) is 0 Å². The number of amides is 1. The third-order valence-electron chi connectivity index (χ3n) is 3.25. The fraction of sp³-hybridized carbons (Fsp3) is 0.385. The number of hydrogen-bond acceptors (Lipinski definition) is 3. The molecule has 0 aliphatic carbocycles. The first-order valence-electron chi connectivity index (χ1n) is 5.85. The third-order valence-corrected chi connectivity index (χ3v) is 3.25. The normalized spacial score (nSPS) is 23.1. The van der Waals surface area contributed by atoms with Crippen molar-refractivity contribution in [2.75, 3.05) is 6.54 Å². The van der Waals surface area contributed by atoms with Crippen LogP contribution in [0.25, 0.3) is 0 Å². The number of rotatable bonds is 2. The molecule has 5 nitrogen and oxygen atoms in total. The third kappa shape index (κ3) is 2.22.